The van der Waals surface area contributed by atoms with Crippen LogP contribution in [0.5, 0.6) is 0 Å². The zero-order chi connectivity index (χ0) is 31.9. The molecule has 1 fully saturated rings. The number of aliphatic hydroxyl groups is 2. The minimum atomic E-state index is -4.59. The molecule has 0 aliphatic heterocycles. The van der Waals surface area contributed by atoms with Gasteiger partial charge in [-0.1, -0.05) is 26.7 Å². The average molecular weight is 605 g/mol. The number of carbonyl (C=O) groups excluding carboxylic acids is 2. The van der Waals surface area contributed by atoms with E-state index in [4.69, 9.17) is 0 Å². The van der Waals surface area contributed by atoms with Gasteiger partial charge in [0.25, 0.3) is 0 Å². The predicted octanol–water partition coefficient (Wildman–Crippen LogP) is 7.35. The monoisotopic (exact) mass is 604 g/mol. The summed E-state index contributed by atoms with van der Waals surface area (Å²) in [6, 6.07) is 6.78. The third-order valence-corrected chi connectivity index (χ3v) is 7.03. The van der Waals surface area contributed by atoms with Crippen LogP contribution in [-0.4, -0.2) is 46.6 Å². The van der Waals surface area contributed by atoms with Crippen LogP contribution < -0.4 is 10.6 Å². The van der Waals surface area contributed by atoms with Crippen molar-refractivity contribution in [1.29, 1.82) is 0 Å². The van der Waals surface area contributed by atoms with E-state index in [9.17, 15) is 46.1 Å². The lowest BCUT2D eigenvalue weighted by Gasteiger charge is -2.29. The van der Waals surface area contributed by atoms with Crippen LogP contribution in [0.3, 0.4) is 0 Å². The Bertz CT molecular complexity index is 1220. The molecular weight excluding hydrogens is 566 g/mol. The second kappa shape index (κ2) is 14.4. The number of rotatable bonds is 10. The number of carbonyl (C=O) groups is 2. The van der Waals surface area contributed by atoms with Gasteiger partial charge in [-0.2, -0.15) is 26.3 Å². The first-order valence-corrected chi connectivity index (χ1v) is 13.6. The smallest absolute Gasteiger partial charge is 0.394 e. The minimum absolute atomic E-state index is 0.122. The van der Waals surface area contributed by atoms with Crippen LogP contribution in [0.15, 0.2) is 36.4 Å². The molecule has 3 rings (SSSR count). The number of hydrogen-bond acceptors (Lipinski definition) is 6. The first-order valence-electron chi connectivity index (χ1n) is 13.6. The molecule has 0 bridgehead atoms. The molecule has 4 N–H and O–H groups in total. The van der Waals surface area contributed by atoms with Crippen LogP contribution in [0.25, 0.3) is 0 Å². The van der Waals surface area contributed by atoms with Gasteiger partial charge in [-0.15, -0.1) is 0 Å². The maximum Gasteiger partial charge on any atom is 0.417 e. The van der Waals surface area contributed by atoms with Crippen molar-refractivity contribution in [3.63, 3.8) is 0 Å². The SMILES string of the molecule is CC(=O)c1ccc(NC2(CO)CCCC2)cc1C(F)(F)F.CC(=O)c1ccc(N[C@H](CO)CC(C)C)cc1C(F)(F)F. The van der Waals surface area contributed by atoms with E-state index in [0.717, 1.165) is 57.7 Å². The van der Waals surface area contributed by atoms with E-state index in [1.54, 1.807) is 0 Å². The Kier molecular flexibility index (Phi) is 12.0. The normalized spacial score (nSPS) is 15.5. The van der Waals surface area contributed by atoms with E-state index in [1.165, 1.54) is 18.2 Å². The fourth-order valence-electron chi connectivity index (χ4n) is 5.00. The van der Waals surface area contributed by atoms with Crippen molar-refractivity contribution < 1.29 is 46.1 Å². The molecule has 2 aromatic rings. The van der Waals surface area contributed by atoms with Crippen molar-refractivity contribution in [2.24, 2.45) is 5.92 Å². The maximum atomic E-state index is 13.1. The molecule has 0 saturated heterocycles. The number of hydrogen-bond donors (Lipinski definition) is 4. The van der Waals surface area contributed by atoms with Crippen molar-refractivity contribution in [3.8, 4) is 0 Å². The van der Waals surface area contributed by atoms with Crippen molar-refractivity contribution >= 4 is 22.9 Å². The molecule has 0 spiro atoms. The van der Waals surface area contributed by atoms with E-state index < -0.39 is 40.6 Å². The molecule has 2 aromatic carbocycles. The molecule has 0 unspecified atom stereocenters. The molecular formula is C30H38F6N2O4. The molecule has 12 heteroatoms. The third-order valence-electron chi connectivity index (χ3n) is 7.03. The van der Waals surface area contributed by atoms with Gasteiger partial charge in [0.05, 0.1) is 29.9 Å². The average Bonchev–Trinajstić information content (AvgIpc) is 3.36. The van der Waals surface area contributed by atoms with Crippen LogP contribution in [-0.2, 0) is 12.4 Å². The number of ketones is 2. The van der Waals surface area contributed by atoms with Crippen LogP contribution in [0.4, 0.5) is 37.7 Å². The summed E-state index contributed by atoms with van der Waals surface area (Å²) in [5, 5.41) is 24.7. The van der Waals surface area contributed by atoms with Gasteiger partial charge in [-0.05, 0) is 75.4 Å². The van der Waals surface area contributed by atoms with Crippen molar-refractivity contribution in [3.05, 3.63) is 58.7 Å². The fourth-order valence-corrected chi connectivity index (χ4v) is 5.00. The van der Waals surface area contributed by atoms with Crippen molar-refractivity contribution in [2.45, 2.75) is 83.7 Å². The van der Waals surface area contributed by atoms with E-state index in [2.05, 4.69) is 10.6 Å². The van der Waals surface area contributed by atoms with Crippen LogP contribution in [0.1, 0.15) is 91.6 Å². The molecule has 42 heavy (non-hydrogen) atoms. The van der Waals surface area contributed by atoms with Crippen LogP contribution in [0, 0.1) is 5.92 Å². The molecule has 0 radical (unpaired) electrons. The number of anilines is 2. The van der Waals surface area contributed by atoms with Crippen LogP contribution in [0.2, 0.25) is 0 Å². The number of Topliss-reactive ketones (excluding diaryl/α,β-unsaturated/α-hetero) is 2. The molecule has 1 saturated carbocycles. The molecule has 0 heterocycles. The van der Waals surface area contributed by atoms with Gasteiger partial charge in [-0.3, -0.25) is 9.59 Å². The number of nitrogens with one attached hydrogen (secondary N) is 2. The summed E-state index contributed by atoms with van der Waals surface area (Å²) in [5.41, 5.74) is -2.61. The summed E-state index contributed by atoms with van der Waals surface area (Å²) < 4.78 is 78.1. The Morgan fingerprint density at radius 2 is 1.29 bits per heavy atom. The van der Waals surface area contributed by atoms with E-state index in [1.807, 2.05) is 13.8 Å². The molecule has 1 atom stereocenters. The molecule has 1 aliphatic rings. The molecule has 0 aromatic heterocycles. The summed E-state index contributed by atoms with van der Waals surface area (Å²) in [5.74, 6) is -0.949. The largest absolute Gasteiger partial charge is 0.417 e. The highest BCUT2D eigenvalue weighted by Gasteiger charge is 2.37. The van der Waals surface area contributed by atoms with E-state index in [-0.39, 0.29) is 41.8 Å². The Morgan fingerprint density at radius 1 is 0.833 bits per heavy atom. The summed E-state index contributed by atoms with van der Waals surface area (Å²) >= 11 is 0. The van der Waals surface area contributed by atoms with Gasteiger partial charge in [0, 0.05) is 28.5 Å². The standard InChI is InChI=1S/C15H18F3NO2.C15H20F3NO2/c1-10(21)12-5-4-11(8-13(12)15(16,17)18)19-14(9-20)6-2-3-7-14;1-9(2)6-12(8-20)19-11-4-5-13(10(3)21)14(7-11)15(16,17)18/h4-5,8,19-20H,2-3,6-7,9H2,1H3;4-5,7,9,12,19-20H,6,8H2,1-3H3/t;12-/m.0/s1. The van der Waals surface area contributed by atoms with Gasteiger partial charge >= 0.3 is 12.4 Å². The van der Waals surface area contributed by atoms with Crippen molar-refractivity contribution in [1.82, 2.24) is 0 Å². The molecule has 6 nitrogen and oxygen atoms in total. The lowest BCUT2D eigenvalue weighted by molar-refractivity contribution is -0.138. The van der Waals surface area contributed by atoms with Gasteiger partial charge in [-0.25, -0.2) is 0 Å². The van der Waals surface area contributed by atoms with Gasteiger partial charge in [0.1, 0.15) is 0 Å². The Balaban J connectivity index is 0.000000293. The highest BCUT2D eigenvalue weighted by molar-refractivity contribution is 5.96. The number of aliphatic hydroxyl groups excluding tert-OH is 2. The molecule has 1 aliphatic carbocycles. The predicted molar refractivity (Wildman–Crippen MR) is 149 cm³/mol. The second-order valence-corrected chi connectivity index (χ2v) is 11.1. The summed E-state index contributed by atoms with van der Waals surface area (Å²) in [4.78, 5) is 22.6. The maximum absolute atomic E-state index is 13.1. The molecule has 0 amide bonds. The fraction of sp³-hybridized carbons (Fsp3) is 0.533. The van der Waals surface area contributed by atoms with Crippen LogP contribution >= 0.6 is 0 Å². The zero-order valence-electron chi connectivity index (χ0n) is 24.0. The first-order chi connectivity index (χ1) is 19.4. The minimum Gasteiger partial charge on any atom is -0.394 e. The van der Waals surface area contributed by atoms with Gasteiger partial charge in [0.2, 0.25) is 0 Å². The first kappa shape index (κ1) is 35.1. The Hall–Kier alpha value is -3.12. The van der Waals surface area contributed by atoms with E-state index in [0.29, 0.717) is 12.3 Å². The number of alkyl halides is 6. The summed E-state index contributed by atoms with van der Waals surface area (Å²) in [7, 11) is 0. The Labute approximate surface area is 241 Å². The van der Waals surface area contributed by atoms with Gasteiger partial charge in [0.15, 0.2) is 11.6 Å². The summed E-state index contributed by atoms with van der Waals surface area (Å²) in [6.07, 6.45) is -5.23. The van der Waals surface area contributed by atoms with E-state index >= 15 is 0 Å². The zero-order valence-corrected chi connectivity index (χ0v) is 24.0. The van der Waals surface area contributed by atoms with Gasteiger partial charge < -0.3 is 20.8 Å². The third kappa shape index (κ3) is 9.72. The topological polar surface area (TPSA) is 98.7 Å². The lowest BCUT2D eigenvalue weighted by atomic mass is 9.97. The van der Waals surface area contributed by atoms with Crippen molar-refractivity contribution in [2.75, 3.05) is 23.8 Å². The quantitative estimate of drug-likeness (QED) is 0.167. The second-order valence-electron chi connectivity index (χ2n) is 11.1. The highest BCUT2D eigenvalue weighted by atomic mass is 19.4. The Morgan fingerprint density at radius 3 is 1.67 bits per heavy atom. The molecule has 234 valence electrons. The summed E-state index contributed by atoms with van der Waals surface area (Å²) in [6.45, 7) is 5.85. The lowest BCUT2D eigenvalue weighted by Crippen LogP contribution is -2.39. The highest BCUT2D eigenvalue weighted by Crippen LogP contribution is 2.37. The number of benzene rings is 2. The number of halogens is 6.